The molecule has 2 aliphatic heterocycles. The molecular weight excluding hydrogens is 332 g/mol. The van der Waals surface area contributed by atoms with Crippen molar-refractivity contribution in [3.63, 3.8) is 0 Å². The largest absolute Gasteiger partial charge is 0.372 e. The molecule has 0 amide bonds. The second-order valence-electron chi connectivity index (χ2n) is 7.24. The van der Waals surface area contributed by atoms with Crippen LogP contribution in [-0.2, 0) is 17.8 Å². The van der Waals surface area contributed by atoms with Gasteiger partial charge in [-0.25, -0.2) is 4.98 Å². The Balaban J connectivity index is 1.32. The third kappa shape index (κ3) is 4.26. The fraction of sp³-hybridized carbons (Fsp3) is 0.579. The van der Waals surface area contributed by atoms with Crippen molar-refractivity contribution in [2.24, 2.45) is 0 Å². The summed E-state index contributed by atoms with van der Waals surface area (Å²) in [6.07, 6.45) is 6.03. The molecule has 2 aromatic heterocycles. The lowest BCUT2D eigenvalue weighted by molar-refractivity contribution is -0.138. The molecule has 134 valence electrons. The van der Waals surface area contributed by atoms with E-state index in [9.17, 15) is 0 Å². The van der Waals surface area contributed by atoms with Crippen LogP contribution in [-0.4, -0.2) is 58.2 Å². The van der Waals surface area contributed by atoms with Crippen molar-refractivity contribution in [1.82, 2.24) is 19.8 Å². The Morgan fingerprint density at radius 3 is 2.80 bits per heavy atom. The molecule has 0 bridgehead atoms. The maximum absolute atomic E-state index is 6.28. The van der Waals surface area contributed by atoms with E-state index >= 15 is 0 Å². The van der Waals surface area contributed by atoms with Crippen LogP contribution in [0.15, 0.2) is 29.9 Å². The molecule has 4 rings (SSSR count). The Hall–Kier alpha value is -1.34. The number of piperidine rings is 1. The number of pyridine rings is 1. The number of aromatic nitrogens is 2. The van der Waals surface area contributed by atoms with Gasteiger partial charge < -0.3 is 4.74 Å². The summed E-state index contributed by atoms with van der Waals surface area (Å²) in [7, 11) is 0. The van der Waals surface area contributed by atoms with E-state index in [1.807, 2.05) is 18.5 Å². The normalized spacial score (nSPS) is 21.6. The van der Waals surface area contributed by atoms with Gasteiger partial charge in [-0.05, 0) is 31.4 Å². The molecule has 2 saturated heterocycles. The summed E-state index contributed by atoms with van der Waals surface area (Å²) in [6.45, 7) is 9.09. The second kappa shape index (κ2) is 7.50. The molecule has 25 heavy (non-hydrogen) atoms. The van der Waals surface area contributed by atoms with Gasteiger partial charge in [0.1, 0.15) is 0 Å². The minimum Gasteiger partial charge on any atom is -0.372 e. The van der Waals surface area contributed by atoms with Crippen molar-refractivity contribution in [3.05, 3.63) is 46.2 Å². The highest BCUT2D eigenvalue weighted by molar-refractivity contribution is 7.09. The van der Waals surface area contributed by atoms with Crippen molar-refractivity contribution in [2.75, 3.05) is 32.8 Å². The molecule has 5 nitrogen and oxygen atoms in total. The predicted molar refractivity (Wildman–Crippen MR) is 99.6 cm³/mol. The van der Waals surface area contributed by atoms with E-state index in [2.05, 4.69) is 38.1 Å². The van der Waals surface area contributed by atoms with Gasteiger partial charge in [0.25, 0.3) is 0 Å². The van der Waals surface area contributed by atoms with Gasteiger partial charge in [-0.1, -0.05) is 6.07 Å². The Kier molecular flexibility index (Phi) is 5.12. The quantitative estimate of drug-likeness (QED) is 0.841. The van der Waals surface area contributed by atoms with Gasteiger partial charge in [0.05, 0.1) is 22.9 Å². The van der Waals surface area contributed by atoms with E-state index in [1.165, 1.54) is 11.3 Å². The summed E-state index contributed by atoms with van der Waals surface area (Å²) >= 11 is 1.74. The average molecular weight is 359 g/mol. The number of morpholine rings is 1. The Labute approximate surface area is 153 Å². The molecule has 0 radical (unpaired) electrons. The van der Waals surface area contributed by atoms with Gasteiger partial charge >= 0.3 is 0 Å². The molecule has 0 aromatic carbocycles. The number of aryl methyl sites for hydroxylation is 1. The first-order valence-corrected chi connectivity index (χ1v) is 9.97. The molecule has 1 spiro atoms. The topological polar surface area (TPSA) is 41.5 Å². The molecule has 2 aliphatic rings. The fourth-order valence-corrected chi connectivity index (χ4v) is 4.54. The molecule has 0 aliphatic carbocycles. The summed E-state index contributed by atoms with van der Waals surface area (Å²) in [5, 5.41) is 3.34. The average Bonchev–Trinajstić information content (AvgIpc) is 3.03. The van der Waals surface area contributed by atoms with Gasteiger partial charge in [-0.2, -0.15) is 0 Å². The van der Waals surface area contributed by atoms with Crippen LogP contribution in [0.4, 0.5) is 0 Å². The zero-order chi connectivity index (χ0) is 17.1. The van der Waals surface area contributed by atoms with E-state index < -0.39 is 0 Å². The highest BCUT2D eigenvalue weighted by atomic mass is 32.1. The SMILES string of the molecule is Cc1nc(CN2CCC3(CC2)CN(Cc2cccnc2)CCO3)cs1. The monoisotopic (exact) mass is 358 g/mol. The van der Waals surface area contributed by atoms with Crippen LogP contribution in [0.25, 0.3) is 0 Å². The zero-order valence-corrected chi connectivity index (χ0v) is 15.7. The third-order valence-electron chi connectivity index (χ3n) is 5.28. The lowest BCUT2D eigenvalue weighted by atomic mass is 9.89. The van der Waals surface area contributed by atoms with Crippen molar-refractivity contribution in [1.29, 1.82) is 0 Å². The highest BCUT2D eigenvalue weighted by Crippen LogP contribution is 2.31. The number of hydrogen-bond donors (Lipinski definition) is 0. The Morgan fingerprint density at radius 1 is 1.20 bits per heavy atom. The molecule has 2 fully saturated rings. The maximum atomic E-state index is 6.28. The first-order chi connectivity index (χ1) is 12.2. The number of thiazole rings is 1. The minimum atomic E-state index is 0.0367. The fourth-order valence-electron chi connectivity index (χ4n) is 3.94. The van der Waals surface area contributed by atoms with Crippen LogP contribution >= 0.6 is 11.3 Å². The first-order valence-electron chi connectivity index (χ1n) is 9.09. The summed E-state index contributed by atoms with van der Waals surface area (Å²) in [4.78, 5) is 13.9. The Bertz CT molecular complexity index is 682. The summed E-state index contributed by atoms with van der Waals surface area (Å²) < 4.78 is 6.28. The number of ether oxygens (including phenoxy) is 1. The van der Waals surface area contributed by atoms with Crippen molar-refractivity contribution in [2.45, 2.75) is 38.5 Å². The van der Waals surface area contributed by atoms with Crippen LogP contribution in [0.3, 0.4) is 0 Å². The first kappa shape index (κ1) is 17.1. The molecule has 4 heterocycles. The molecular formula is C19H26N4OS. The summed E-state index contributed by atoms with van der Waals surface area (Å²) in [5.41, 5.74) is 2.53. The van der Waals surface area contributed by atoms with Crippen LogP contribution < -0.4 is 0 Å². The van der Waals surface area contributed by atoms with E-state index in [0.29, 0.717) is 0 Å². The molecule has 0 N–H and O–H groups in total. The van der Waals surface area contributed by atoms with Crippen molar-refractivity contribution >= 4 is 11.3 Å². The Morgan fingerprint density at radius 2 is 2.08 bits per heavy atom. The zero-order valence-electron chi connectivity index (χ0n) is 14.9. The second-order valence-corrected chi connectivity index (χ2v) is 8.30. The van der Waals surface area contributed by atoms with Crippen LogP contribution in [0.1, 0.15) is 29.1 Å². The lowest BCUT2D eigenvalue weighted by Crippen LogP contribution is -2.56. The highest BCUT2D eigenvalue weighted by Gasteiger charge is 2.39. The van der Waals surface area contributed by atoms with Crippen molar-refractivity contribution < 1.29 is 4.74 Å². The van der Waals surface area contributed by atoms with E-state index in [4.69, 9.17) is 4.74 Å². The van der Waals surface area contributed by atoms with E-state index in [-0.39, 0.29) is 5.60 Å². The smallest absolute Gasteiger partial charge is 0.0897 e. The van der Waals surface area contributed by atoms with E-state index in [1.54, 1.807) is 11.3 Å². The molecule has 0 unspecified atom stereocenters. The molecule has 0 saturated carbocycles. The lowest BCUT2D eigenvalue weighted by Gasteiger charge is -2.47. The van der Waals surface area contributed by atoms with Crippen LogP contribution in [0.2, 0.25) is 0 Å². The predicted octanol–water partition coefficient (Wildman–Crippen LogP) is 2.71. The molecule has 2 aromatic rings. The number of hydrogen-bond acceptors (Lipinski definition) is 6. The number of rotatable bonds is 4. The third-order valence-corrected chi connectivity index (χ3v) is 6.10. The minimum absolute atomic E-state index is 0.0367. The van der Waals surface area contributed by atoms with Gasteiger partial charge in [0, 0.05) is 57.0 Å². The summed E-state index contributed by atoms with van der Waals surface area (Å²) in [5.74, 6) is 0. The maximum Gasteiger partial charge on any atom is 0.0897 e. The van der Waals surface area contributed by atoms with Gasteiger partial charge in [-0.3, -0.25) is 14.8 Å². The van der Waals surface area contributed by atoms with Gasteiger partial charge in [0.15, 0.2) is 0 Å². The number of nitrogens with zero attached hydrogens (tertiary/aromatic N) is 4. The molecule has 0 atom stereocenters. The van der Waals surface area contributed by atoms with Gasteiger partial charge in [0.2, 0.25) is 0 Å². The van der Waals surface area contributed by atoms with Crippen LogP contribution in [0, 0.1) is 6.92 Å². The summed E-state index contributed by atoms with van der Waals surface area (Å²) in [6, 6.07) is 4.18. The molecule has 6 heteroatoms. The van der Waals surface area contributed by atoms with Crippen molar-refractivity contribution in [3.8, 4) is 0 Å². The van der Waals surface area contributed by atoms with Crippen LogP contribution in [0.5, 0.6) is 0 Å². The van der Waals surface area contributed by atoms with E-state index in [0.717, 1.165) is 63.7 Å². The number of likely N-dealkylation sites (tertiary alicyclic amines) is 1. The standard InChI is InChI=1S/C19H26N4OS/c1-16-21-18(14-25-16)13-22-7-4-19(5-8-22)15-23(9-10-24-19)12-17-3-2-6-20-11-17/h2-3,6,11,14H,4-5,7-10,12-13,15H2,1H3. The van der Waals surface area contributed by atoms with Gasteiger partial charge in [-0.15, -0.1) is 11.3 Å².